The summed E-state index contributed by atoms with van der Waals surface area (Å²) in [6, 6.07) is 15.6. The van der Waals surface area contributed by atoms with Crippen LogP contribution in [0.2, 0.25) is 0 Å². The van der Waals surface area contributed by atoms with Crippen LogP contribution in [0.3, 0.4) is 0 Å². The molecule has 10 heteroatoms. The summed E-state index contributed by atoms with van der Waals surface area (Å²) in [6.45, 7) is 5.17. The molecule has 0 saturated heterocycles. The first-order valence-corrected chi connectivity index (χ1v) is 11.6. The van der Waals surface area contributed by atoms with Crippen molar-refractivity contribution in [2.75, 3.05) is 18.5 Å². The van der Waals surface area contributed by atoms with Crippen molar-refractivity contribution in [3.8, 4) is 23.0 Å². The number of nitrogens with one attached hydrogen (secondary N) is 1. The van der Waals surface area contributed by atoms with Gasteiger partial charge in [-0.2, -0.15) is 13.2 Å². The maximum Gasteiger partial charge on any atom is 0.453 e. The topological polar surface area (TPSA) is 87.0 Å². The SMILES string of the molecule is CCOc1ccccc1NC(=O)COc1ccc2c(=O)c(Oc3cc(C)ccc3C)c(C(F)(F)F)oc2c1. The Kier molecular flexibility index (Phi) is 7.61. The van der Waals surface area contributed by atoms with E-state index in [1.54, 1.807) is 50.2 Å². The van der Waals surface area contributed by atoms with Gasteiger partial charge in [-0.15, -0.1) is 0 Å². The van der Waals surface area contributed by atoms with E-state index in [9.17, 15) is 22.8 Å². The van der Waals surface area contributed by atoms with Crippen LogP contribution in [0.25, 0.3) is 11.0 Å². The zero-order chi connectivity index (χ0) is 27.4. The number of anilines is 1. The Labute approximate surface area is 215 Å². The molecule has 1 amide bonds. The summed E-state index contributed by atoms with van der Waals surface area (Å²) < 4.78 is 63.1. The number of ether oxygens (including phenoxy) is 3. The number of carbonyl (C=O) groups is 1. The molecule has 4 aromatic rings. The van der Waals surface area contributed by atoms with Gasteiger partial charge in [0, 0.05) is 6.07 Å². The van der Waals surface area contributed by atoms with Crippen molar-refractivity contribution in [1.82, 2.24) is 0 Å². The molecule has 0 saturated carbocycles. The lowest BCUT2D eigenvalue weighted by atomic mass is 10.1. The molecule has 0 spiro atoms. The van der Waals surface area contributed by atoms with Crippen LogP contribution in [0.5, 0.6) is 23.0 Å². The summed E-state index contributed by atoms with van der Waals surface area (Å²) >= 11 is 0. The van der Waals surface area contributed by atoms with Crippen molar-refractivity contribution in [3.63, 3.8) is 0 Å². The molecular formula is C28H24F3NO6. The molecule has 0 aliphatic carbocycles. The quantitative estimate of drug-likeness (QED) is 0.277. The van der Waals surface area contributed by atoms with Crippen LogP contribution >= 0.6 is 0 Å². The molecule has 0 aliphatic rings. The first-order chi connectivity index (χ1) is 18.1. The van der Waals surface area contributed by atoms with Gasteiger partial charge in [0.25, 0.3) is 11.7 Å². The number of hydrogen-bond donors (Lipinski definition) is 1. The van der Waals surface area contributed by atoms with Gasteiger partial charge in [0.15, 0.2) is 6.61 Å². The third-order valence-corrected chi connectivity index (χ3v) is 5.47. The smallest absolute Gasteiger partial charge is 0.453 e. The Morgan fingerprint density at radius 1 is 0.974 bits per heavy atom. The number of benzene rings is 3. The van der Waals surface area contributed by atoms with E-state index in [1.165, 1.54) is 18.2 Å². The van der Waals surface area contributed by atoms with Crippen LogP contribution in [0, 0.1) is 13.8 Å². The van der Waals surface area contributed by atoms with E-state index in [1.807, 2.05) is 6.92 Å². The highest BCUT2D eigenvalue weighted by molar-refractivity contribution is 5.93. The Balaban J connectivity index is 1.60. The van der Waals surface area contributed by atoms with Crippen LogP contribution in [0.15, 0.2) is 69.9 Å². The van der Waals surface area contributed by atoms with E-state index in [4.69, 9.17) is 18.6 Å². The Morgan fingerprint density at radius 2 is 1.74 bits per heavy atom. The fourth-order valence-electron chi connectivity index (χ4n) is 3.64. The van der Waals surface area contributed by atoms with Gasteiger partial charge in [0.2, 0.25) is 11.2 Å². The second-order valence-corrected chi connectivity index (χ2v) is 8.38. The molecular weight excluding hydrogens is 503 g/mol. The van der Waals surface area contributed by atoms with E-state index in [0.29, 0.717) is 23.6 Å². The third kappa shape index (κ3) is 5.91. The number of halogens is 3. The lowest BCUT2D eigenvalue weighted by molar-refractivity contribution is -0.154. The van der Waals surface area contributed by atoms with Crippen molar-refractivity contribution in [1.29, 1.82) is 0 Å². The Bertz CT molecular complexity index is 1540. The number of alkyl halides is 3. The van der Waals surface area contributed by atoms with Crippen LogP contribution in [0.4, 0.5) is 18.9 Å². The number of fused-ring (bicyclic) bond motifs is 1. The van der Waals surface area contributed by atoms with Crippen molar-refractivity contribution >= 4 is 22.6 Å². The molecule has 4 rings (SSSR count). The normalized spacial score (nSPS) is 11.3. The van der Waals surface area contributed by atoms with Crippen LogP contribution in [-0.4, -0.2) is 19.1 Å². The summed E-state index contributed by atoms with van der Waals surface area (Å²) in [7, 11) is 0. The van der Waals surface area contributed by atoms with E-state index < -0.39 is 35.6 Å². The molecule has 1 heterocycles. The van der Waals surface area contributed by atoms with Gasteiger partial charge in [0.1, 0.15) is 22.8 Å². The Morgan fingerprint density at radius 3 is 2.47 bits per heavy atom. The fraction of sp³-hybridized carbons (Fsp3) is 0.214. The van der Waals surface area contributed by atoms with Crippen molar-refractivity contribution < 1.29 is 36.6 Å². The largest absolute Gasteiger partial charge is 0.492 e. The first-order valence-electron chi connectivity index (χ1n) is 11.6. The van der Waals surface area contributed by atoms with Gasteiger partial charge in [-0.1, -0.05) is 24.3 Å². The second kappa shape index (κ2) is 10.9. The third-order valence-electron chi connectivity index (χ3n) is 5.47. The van der Waals surface area contributed by atoms with E-state index >= 15 is 0 Å². The maximum absolute atomic E-state index is 13.9. The van der Waals surface area contributed by atoms with Crippen LogP contribution < -0.4 is 25.0 Å². The molecule has 0 fully saturated rings. The average Bonchev–Trinajstić information content (AvgIpc) is 2.87. The van der Waals surface area contributed by atoms with Gasteiger partial charge in [-0.25, -0.2) is 0 Å². The average molecular weight is 527 g/mol. The number of rotatable bonds is 8. The highest BCUT2D eigenvalue weighted by atomic mass is 19.4. The molecule has 7 nitrogen and oxygen atoms in total. The molecule has 38 heavy (non-hydrogen) atoms. The zero-order valence-corrected chi connectivity index (χ0v) is 20.8. The molecule has 0 unspecified atom stereocenters. The minimum atomic E-state index is -5.01. The summed E-state index contributed by atoms with van der Waals surface area (Å²) in [5, 5.41) is 2.51. The van der Waals surface area contributed by atoms with Gasteiger partial charge >= 0.3 is 6.18 Å². The molecule has 0 aliphatic heterocycles. The Hall–Kier alpha value is -4.47. The molecule has 1 aromatic heterocycles. The van der Waals surface area contributed by atoms with Gasteiger partial charge < -0.3 is 23.9 Å². The van der Waals surface area contributed by atoms with Crippen molar-refractivity contribution in [2.45, 2.75) is 26.9 Å². The molecule has 0 atom stereocenters. The van der Waals surface area contributed by atoms with Gasteiger partial charge in [0.05, 0.1) is 17.7 Å². The minimum absolute atomic E-state index is 0.0326. The van der Waals surface area contributed by atoms with Crippen molar-refractivity contribution in [2.24, 2.45) is 0 Å². The van der Waals surface area contributed by atoms with Gasteiger partial charge in [-0.05, 0) is 62.2 Å². The predicted molar refractivity (Wildman–Crippen MR) is 135 cm³/mol. The van der Waals surface area contributed by atoms with E-state index in [0.717, 1.165) is 11.6 Å². The highest BCUT2D eigenvalue weighted by Crippen LogP contribution is 2.39. The van der Waals surface area contributed by atoms with Crippen LogP contribution in [-0.2, 0) is 11.0 Å². The summed E-state index contributed by atoms with van der Waals surface area (Å²) in [4.78, 5) is 25.4. The number of amides is 1. The molecule has 0 bridgehead atoms. The van der Waals surface area contributed by atoms with Crippen molar-refractivity contribution in [3.05, 3.63) is 87.8 Å². The molecule has 1 N–H and O–H groups in total. The fourth-order valence-corrected chi connectivity index (χ4v) is 3.64. The number of para-hydroxylation sites is 2. The lowest BCUT2D eigenvalue weighted by Gasteiger charge is -2.15. The molecule has 3 aromatic carbocycles. The highest BCUT2D eigenvalue weighted by Gasteiger charge is 2.40. The van der Waals surface area contributed by atoms with Gasteiger partial charge in [-0.3, -0.25) is 9.59 Å². The monoisotopic (exact) mass is 527 g/mol. The second-order valence-electron chi connectivity index (χ2n) is 8.38. The predicted octanol–water partition coefficient (Wildman–Crippen LogP) is 6.64. The zero-order valence-electron chi connectivity index (χ0n) is 20.8. The van der Waals surface area contributed by atoms with E-state index in [-0.39, 0.29) is 22.5 Å². The number of carbonyl (C=O) groups excluding carboxylic acids is 1. The molecule has 0 radical (unpaired) electrons. The minimum Gasteiger partial charge on any atom is -0.492 e. The maximum atomic E-state index is 13.9. The van der Waals surface area contributed by atoms with Crippen LogP contribution in [0.1, 0.15) is 23.8 Å². The summed E-state index contributed by atoms with van der Waals surface area (Å²) in [5.74, 6) is -2.43. The lowest BCUT2D eigenvalue weighted by Crippen LogP contribution is -2.20. The molecule has 198 valence electrons. The standard InChI is InChI=1S/C28H24F3NO6/c1-4-35-21-8-6-5-7-20(21)32-24(33)15-36-18-11-12-19-23(14-18)38-27(28(29,30)31)26(25(19)34)37-22-13-16(2)9-10-17(22)3/h5-14H,4,15H2,1-3H3,(H,32,33). The van der Waals surface area contributed by atoms with E-state index in [2.05, 4.69) is 5.32 Å². The number of aryl methyl sites for hydroxylation is 2. The summed E-state index contributed by atoms with van der Waals surface area (Å²) in [5.41, 5.74) is 0.385. The summed E-state index contributed by atoms with van der Waals surface area (Å²) in [6.07, 6.45) is -5.01. The first kappa shape index (κ1) is 26.6. The number of hydrogen-bond acceptors (Lipinski definition) is 6.